The number of thiazole rings is 1. The van der Waals surface area contributed by atoms with E-state index in [0.717, 1.165) is 46.8 Å². The standard InChI is InChI=1S/C17H16N4OS/c22-16(11-5-3-7-15-13(11)10-19-21-15)20-14-6-2-1-4-12(14)17-18-8-9-23-17/h1-2,4,6,8-11H,3,5,7H2,(H,19,21)(H,20,22). The van der Waals surface area contributed by atoms with Crippen LogP contribution >= 0.6 is 11.3 Å². The number of H-pyrrole nitrogens is 1. The third kappa shape index (κ3) is 2.66. The molecule has 1 aliphatic rings. The first kappa shape index (κ1) is 14.1. The Hall–Kier alpha value is -2.47. The molecule has 0 saturated carbocycles. The first-order valence-electron chi connectivity index (χ1n) is 7.65. The number of aryl methyl sites for hydroxylation is 1. The zero-order valence-electron chi connectivity index (χ0n) is 12.5. The summed E-state index contributed by atoms with van der Waals surface area (Å²) in [5, 5.41) is 13.0. The Kier molecular flexibility index (Phi) is 3.67. The lowest BCUT2D eigenvalue weighted by atomic mass is 9.86. The average Bonchev–Trinajstić information content (AvgIpc) is 3.26. The predicted octanol–water partition coefficient (Wildman–Crippen LogP) is 3.59. The summed E-state index contributed by atoms with van der Waals surface area (Å²) in [4.78, 5) is 17.1. The second-order valence-corrected chi connectivity index (χ2v) is 6.52. The number of hydrogen-bond donors (Lipinski definition) is 2. The number of aromatic amines is 1. The van der Waals surface area contributed by atoms with Crippen LogP contribution in [0.1, 0.15) is 30.0 Å². The molecule has 3 aromatic rings. The SMILES string of the molecule is O=C(Nc1ccccc1-c1nccs1)C1CCCc2[nH]ncc21. The number of carbonyl (C=O) groups is 1. The van der Waals surface area contributed by atoms with Crippen molar-refractivity contribution in [2.75, 3.05) is 5.32 Å². The number of nitrogens with one attached hydrogen (secondary N) is 2. The molecule has 0 aliphatic heterocycles. The first-order valence-corrected chi connectivity index (χ1v) is 8.53. The Balaban J connectivity index is 1.62. The summed E-state index contributed by atoms with van der Waals surface area (Å²) in [5.41, 5.74) is 3.88. The van der Waals surface area contributed by atoms with Crippen molar-refractivity contribution < 1.29 is 4.79 Å². The molecule has 0 saturated heterocycles. The molecule has 1 unspecified atom stereocenters. The van der Waals surface area contributed by atoms with Crippen LogP contribution in [0.5, 0.6) is 0 Å². The molecular weight excluding hydrogens is 308 g/mol. The molecule has 4 rings (SSSR count). The van der Waals surface area contributed by atoms with Crippen molar-refractivity contribution in [2.24, 2.45) is 0 Å². The van der Waals surface area contributed by atoms with Crippen LogP contribution in [0.25, 0.3) is 10.6 Å². The normalized spacial score (nSPS) is 16.8. The van der Waals surface area contributed by atoms with E-state index in [1.54, 1.807) is 23.7 Å². The molecule has 6 heteroatoms. The van der Waals surface area contributed by atoms with Gasteiger partial charge in [0.05, 0.1) is 17.8 Å². The van der Waals surface area contributed by atoms with Gasteiger partial charge in [-0.05, 0) is 31.4 Å². The van der Waals surface area contributed by atoms with E-state index in [4.69, 9.17) is 0 Å². The smallest absolute Gasteiger partial charge is 0.232 e. The number of hydrogen-bond acceptors (Lipinski definition) is 4. The summed E-state index contributed by atoms with van der Waals surface area (Å²) in [6, 6.07) is 7.80. The van der Waals surface area contributed by atoms with Crippen molar-refractivity contribution in [3.05, 3.63) is 53.3 Å². The lowest BCUT2D eigenvalue weighted by Gasteiger charge is -2.21. The molecule has 2 aromatic heterocycles. The molecule has 5 nitrogen and oxygen atoms in total. The van der Waals surface area contributed by atoms with Crippen molar-refractivity contribution >= 4 is 22.9 Å². The third-order valence-corrected chi connectivity index (χ3v) is 5.02. The summed E-state index contributed by atoms with van der Waals surface area (Å²) < 4.78 is 0. The summed E-state index contributed by atoms with van der Waals surface area (Å²) in [5.74, 6) is -0.113. The molecule has 1 aromatic carbocycles. The quantitative estimate of drug-likeness (QED) is 0.773. The van der Waals surface area contributed by atoms with Crippen LogP contribution in [0.3, 0.4) is 0 Å². The van der Waals surface area contributed by atoms with E-state index >= 15 is 0 Å². The third-order valence-electron chi connectivity index (χ3n) is 4.21. The Labute approximate surface area is 137 Å². The van der Waals surface area contributed by atoms with Gasteiger partial charge >= 0.3 is 0 Å². The van der Waals surface area contributed by atoms with Gasteiger partial charge in [0.15, 0.2) is 0 Å². The first-order chi connectivity index (χ1) is 11.3. The molecular formula is C17H16N4OS. The van der Waals surface area contributed by atoms with Gasteiger partial charge in [-0.25, -0.2) is 4.98 Å². The van der Waals surface area contributed by atoms with Crippen LogP contribution in [-0.4, -0.2) is 21.1 Å². The Morgan fingerprint density at radius 1 is 1.35 bits per heavy atom. The van der Waals surface area contributed by atoms with Crippen molar-refractivity contribution in [1.82, 2.24) is 15.2 Å². The van der Waals surface area contributed by atoms with Gasteiger partial charge in [-0.2, -0.15) is 5.10 Å². The lowest BCUT2D eigenvalue weighted by molar-refractivity contribution is -0.117. The fraction of sp³-hybridized carbons (Fsp3) is 0.235. The summed E-state index contributed by atoms with van der Waals surface area (Å²) in [6.07, 6.45) is 6.39. The molecule has 116 valence electrons. The largest absolute Gasteiger partial charge is 0.325 e. The summed E-state index contributed by atoms with van der Waals surface area (Å²) >= 11 is 1.57. The number of amides is 1. The minimum Gasteiger partial charge on any atom is -0.325 e. The fourth-order valence-electron chi connectivity index (χ4n) is 3.09. The topological polar surface area (TPSA) is 70.7 Å². The van der Waals surface area contributed by atoms with E-state index in [1.165, 1.54) is 0 Å². The number of fused-ring (bicyclic) bond motifs is 1. The molecule has 23 heavy (non-hydrogen) atoms. The Bertz CT molecular complexity index is 825. The van der Waals surface area contributed by atoms with Crippen molar-refractivity contribution in [1.29, 1.82) is 0 Å². The Morgan fingerprint density at radius 2 is 2.26 bits per heavy atom. The average molecular weight is 324 g/mol. The van der Waals surface area contributed by atoms with Gasteiger partial charge in [-0.3, -0.25) is 9.89 Å². The highest BCUT2D eigenvalue weighted by Gasteiger charge is 2.28. The zero-order valence-corrected chi connectivity index (χ0v) is 13.3. The highest BCUT2D eigenvalue weighted by atomic mass is 32.1. The number of aromatic nitrogens is 3. The molecule has 0 bridgehead atoms. The maximum Gasteiger partial charge on any atom is 0.232 e. The second-order valence-electron chi connectivity index (χ2n) is 5.62. The molecule has 2 heterocycles. The van der Waals surface area contributed by atoms with Crippen molar-refractivity contribution in [3.63, 3.8) is 0 Å². The zero-order chi connectivity index (χ0) is 15.6. The molecule has 1 atom stereocenters. The maximum absolute atomic E-state index is 12.8. The van der Waals surface area contributed by atoms with Crippen molar-refractivity contribution in [2.45, 2.75) is 25.2 Å². The summed E-state index contributed by atoms with van der Waals surface area (Å²) in [6.45, 7) is 0. The van der Waals surface area contributed by atoms with Gasteiger partial charge in [0.2, 0.25) is 5.91 Å². The number of rotatable bonds is 3. The van der Waals surface area contributed by atoms with Crippen LogP contribution < -0.4 is 5.32 Å². The van der Waals surface area contributed by atoms with Gasteiger partial charge in [0.1, 0.15) is 5.01 Å². The van der Waals surface area contributed by atoms with E-state index < -0.39 is 0 Å². The van der Waals surface area contributed by atoms with Crippen LogP contribution in [0.15, 0.2) is 42.0 Å². The van der Waals surface area contributed by atoms with Crippen molar-refractivity contribution in [3.8, 4) is 10.6 Å². The van der Waals surface area contributed by atoms with Gasteiger partial charge in [0, 0.05) is 28.4 Å². The molecule has 0 radical (unpaired) electrons. The minimum atomic E-state index is -0.137. The second kappa shape index (κ2) is 5.96. The van der Waals surface area contributed by atoms with Gasteiger partial charge in [0.25, 0.3) is 0 Å². The van der Waals surface area contributed by atoms with E-state index in [9.17, 15) is 4.79 Å². The molecule has 1 amide bonds. The highest BCUT2D eigenvalue weighted by molar-refractivity contribution is 7.13. The number of nitrogens with zero attached hydrogens (tertiary/aromatic N) is 2. The Morgan fingerprint density at radius 3 is 3.13 bits per heavy atom. The molecule has 0 spiro atoms. The summed E-state index contributed by atoms with van der Waals surface area (Å²) in [7, 11) is 0. The fourth-order valence-corrected chi connectivity index (χ4v) is 3.77. The number of benzene rings is 1. The van der Waals surface area contributed by atoms with Gasteiger partial charge in [-0.1, -0.05) is 12.1 Å². The van der Waals surface area contributed by atoms with E-state index in [2.05, 4.69) is 20.5 Å². The van der Waals surface area contributed by atoms with Gasteiger partial charge in [-0.15, -0.1) is 11.3 Å². The lowest BCUT2D eigenvalue weighted by Crippen LogP contribution is -2.24. The van der Waals surface area contributed by atoms with E-state index in [-0.39, 0.29) is 11.8 Å². The number of anilines is 1. The van der Waals surface area contributed by atoms with Crippen LogP contribution in [-0.2, 0) is 11.2 Å². The number of para-hydroxylation sites is 1. The van der Waals surface area contributed by atoms with E-state index in [1.807, 2.05) is 29.6 Å². The maximum atomic E-state index is 12.8. The molecule has 2 N–H and O–H groups in total. The monoisotopic (exact) mass is 324 g/mol. The van der Waals surface area contributed by atoms with Crippen LogP contribution in [0.4, 0.5) is 5.69 Å². The predicted molar refractivity (Wildman–Crippen MR) is 90.4 cm³/mol. The van der Waals surface area contributed by atoms with E-state index in [0.29, 0.717) is 0 Å². The highest BCUT2D eigenvalue weighted by Crippen LogP contribution is 2.33. The molecule has 1 aliphatic carbocycles. The van der Waals surface area contributed by atoms with Crippen LogP contribution in [0.2, 0.25) is 0 Å². The van der Waals surface area contributed by atoms with Gasteiger partial charge < -0.3 is 5.32 Å². The molecule has 0 fully saturated rings. The number of carbonyl (C=O) groups excluding carboxylic acids is 1. The minimum absolute atomic E-state index is 0.0244. The van der Waals surface area contributed by atoms with Crippen LogP contribution in [0, 0.1) is 0 Å².